The van der Waals surface area contributed by atoms with E-state index in [1.807, 2.05) is 19.1 Å². The third kappa shape index (κ3) is 3.11. The van der Waals surface area contributed by atoms with Gasteiger partial charge in [-0.3, -0.25) is 4.79 Å². The number of rotatable bonds is 3. The molecule has 104 valence electrons. The summed E-state index contributed by atoms with van der Waals surface area (Å²) in [4.78, 5) is 12.2. The summed E-state index contributed by atoms with van der Waals surface area (Å²) in [7, 11) is 1.50. The van der Waals surface area contributed by atoms with Crippen molar-refractivity contribution in [2.24, 2.45) is 0 Å². The number of methoxy groups -OCH3 is 1. The number of carbonyl (C=O) groups is 1. The summed E-state index contributed by atoms with van der Waals surface area (Å²) in [5.41, 5.74) is 1.89. The maximum atomic E-state index is 12.2. The van der Waals surface area contributed by atoms with Gasteiger partial charge >= 0.3 is 0 Å². The van der Waals surface area contributed by atoms with Crippen molar-refractivity contribution < 1.29 is 14.6 Å². The zero-order valence-corrected chi connectivity index (χ0v) is 12.7. The van der Waals surface area contributed by atoms with Crippen LogP contribution in [0.5, 0.6) is 11.5 Å². The Morgan fingerprint density at radius 3 is 2.65 bits per heavy atom. The number of nitrogens with one attached hydrogen (secondary N) is 1. The Balaban J connectivity index is 2.28. The average Bonchev–Trinajstić information content (AvgIpc) is 2.42. The number of carbonyl (C=O) groups excluding carboxylic acids is 1. The number of aromatic hydroxyl groups is 1. The SMILES string of the molecule is COc1ccc(O)c(C(=O)Nc2ccc(C)cc2Br)c1. The van der Waals surface area contributed by atoms with Gasteiger partial charge in [0.15, 0.2) is 0 Å². The number of hydrogen-bond acceptors (Lipinski definition) is 3. The first-order valence-electron chi connectivity index (χ1n) is 5.96. The number of amides is 1. The lowest BCUT2D eigenvalue weighted by molar-refractivity contribution is 0.102. The zero-order valence-electron chi connectivity index (χ0n) is 11.1. The fourth-order valence-electron chi connectivity index (χ4n) is 1.74. The molecule has 0 aliphatic heterocycles. The van der Waals surface area contributed by atoms with E-state index in [1.165, 1.54) is 19.2 Å². The molecule has 0 atom stereocenters. The van der Waals surface area contributed by atoms with E-state index in [4.69, 9.17) is 4.74 Å². The van der Waals surface area contributed by atoms with E-state index in [0.717, 1.165) is 10.0 Å². The van der Waals surface area contributed by atoms with Gasteiger partial charge in [0.2, 0.25) is 0 Å². The van der Waals surface area contributed by atoms with Crippen molar-refractivity contribution in [1.82, 2.24) is 0 Å². The molecule has 2 aromatic carbocycles. The molecule has 0 saturated carbocycles. The topological polar surface area (TPSA) is 58.6 Å². The van der Waals surface area contributed by atoms with Crippen molar-refractivity contribution in [3.05, 3.63) is 52.0 Å². The molecule has 0 bridgehead atoms. The fraction of sp³-hybridized carbons (Fsp3) is 0.133. The van der Waals surface area contributed by atoms with Crippen LogP contribution < -0.4 is 10.1 Å². The molecule has 1 amide bonds. The summed E-state index contributed by atoms with van der Waals surface area (Å²) in [5.74, 6) is 0.0217. The Morgan fingerprint density at radius 2 is 2.00 bits per heavy atom. The second-order valence-corrected chi connectivity index (χ2v) is 5.17. The molecule has 0 aliphatic carbocycles. The number of ether oxygens (including phenoxy) is 1. The third-order valence-corrected chi connectivity index (χ3v) is 3.48. The predicted octanol–water partition coefficient (Wildman–Crippen LogP) is 3.72. The quantitative estimate of drug-likeness (QED) is 0.898. The van der Waals surface area contributed by atoms with Crippen LogP contribution in [0.2, 0.25) is 0 Å². The average molecular weight is 336 g/mol. The van der Waals surface area contributed by atoms with Crippen molar-refractivity contribution in [1.29, 1.82) is 0 Å². The molecule has 4 nitrogen and oxygen atoms in total. The minimum Gasteiger partial charge on any atom is -0.507 e. The number of halogens is 1. The van der Waals surface area contributed by atoms with E-state index in [-0.39, 0.29) is 11.3 Å². The Kier molecular flexibility index (Phi) is 4.29. The predicted molar refractivity (Wildman–Crippen MR) is 81.5 cm³/mol. The molecule has 0 fully saturated rings. The van der Waals surface area contributed by atoms with Crippen LogP contribution in [0.15, 0.2) is 40.9 Å². The highest BCUT2D eigenvalue weighted by molar-refractivity contribution is 9.10. The molecular weight excluding hydrogens is 322 g/mol. The Labute approximate surface area is 125 Å². The number of phenols is 1. The number of hydrogen-bond donors (Lipinski definition) is 2. The first-order chi connectivity index (χ1) is 9.51. The summed E-state index contributed by atoms with van der Waals surface area (Å²) in [6.07, 6.45) is 0. The molecule has 0 unspecified atom stereocenters. The van der Waals surface area contributed by atoms with E-state index >= 15 is 0 Å². The highest BCUT2D eigenvalue weighted by atomic mass is 79.9. The van der Waals surface area contributed by atoms with Gasteiger partial charge in [-0.1, -0.05) is 6.07 Å². The molecule has 0 aliphatic rings. The molecule has 0 spiro atoms. The number of phenolic OH excluding ortho intramolecular Hbond substituents is 1. The molecule has 20 heavy (non-hydrogen) atoms. The van der Waals surface area contributed by atoms with Crippen LogP contribution >= 0.6 is 15.9 Å². The van der Waals surface area contributed by atoms with Crippen LogP contribution in [-0.4, -0.2) is 18.1 Å². The van der Waals surface area contributed by atoms with Gasteiger partial charge in [-0.25, -0.2) is 0 Å². The first kappa shape index (κ1) is 14.4. The van der Waals surface area contributed by atoms with Gasteiger partial charge in [-0.05, 0) is 58.7 Å². The molecule has 0 heterocycles. The van der Waals surface area contributed by atoms with E-state index in [9.17, 15) is 9.90 Å². The lowest BCUT2D eigenvalue weighted by Gasteiger charge is -2.10. The second-order valence-electron chi connectivity index (χ2n) is 4.32. The molecule has 2 rings (SSSR count). The standard InChI is InChI=1S/C15H14BrNO3/c1-9-3-5-13(12(16)7-9)17-15(19)11-8-10(20-2)4-6-14(11)18/h3-8,18H,1-2H3,(H,17,19). The maximum Gasteiger partial charge on any atom is 0.259 e. The van der Waals surface area contributed by atoms with Crippen molar-refractivity contribution in [2.75, 3.05) is 12.4 Å². The molecule has 2 N–H and O–H groups in total. The van der Waals surface area contributed by atoms with Crippen molar-refractivity contribution in [3.8, 4) is 11.5 Å². The van der Waals surface area contributed by atoms with Crippen LogP contribution in [-0.2, 0) is 0 Å². The molecule has 0 saturated heterocycles. The van der Waals surface area contributed by atoms with Gasteiger partial charge < -0.3 is 15.2 Å². The van der Waals surface area contributed by atoms with Gasteiger partial charge in [0.25, 0.3) is 5.91 Å². The van der Waals surface area contributed by atoms with Gasteiger partial charge in [-0.15, -0.1) is 0 Å². The normalized spacial score (nSPS) is 10.2. The second kappa shape index (κ2) is 5.96. The highest BCUT2D eigenvalue weighted by Crippen LogP contribution is 2.27. The van der Waals surface area contributed by atoms with Crippen LogP contribution in [0.1, 0.15) is 15.9 Å². The maximum absolute atomic E-state index is 12.2. The van der Waals surface area contributed by atoms with Gasteiger partial charge in [0, 0.05) is 4.47 Å². The summed E-state index contributed by atoms with van der Waals surface area (Å²) < 4.78 is 5.83. The van der Waals surface area contributed by atoms with E-state index < -0.39 is 5.91 Å². The zero-order chi connectivity index (χ0) is 14.7. The molecular formula is C15H14BrNO3. The summed E-state index contributed by atoms with van der Waals surface area (Å²) in [6, 6.07) is 10.1. The smallest absolute Gasteiger partial charge is 0.259 e. The van der Waals surface area contributed by atoms with Crippen LogP contribution in [0.3, 0.4) is 0 Å². The Hall–Kier alpha value is -2.01. The van der Waals surface area contributed by atoms with Crippen molar-refractivity contribution in [3.63, 3.8) is 0 Å². The largest absolute Gasteiger partial charge is 0.507 e. The highest BCUT2D eigenvalue weighted by Gasteiger charge is 2.13. The lowest BCUT2D eigenvalue weighted by atomic mass is 10.1. The number of anilines is 1. The van der Waals surface area contributed by atoms with E-state index in [2.05, 4.69) is 21.2 Å². The minimum absolute atomic E-state index is 0.0912. The molecule has 0 aromatic heterocycles. The summed E-state index contributed by atoms with van der Waals surface area (Å²) >= 11 is 3.39. The summed E-state index contributed by atoms with van der Waals surface area (Å²) in [6.45, 7) is 1.96. The first-order valence-corrected chi connectivity index (χ1v) is 6.75. The van der Waals surface area contributed by atoms with Crippen LogP contribution in [0.4, 0.5) is 5.69 Å². The molecule has 0 radical (unpaired) electrons. The lowest BCUT2D eigenvalue weighted by Crippen LogP contribution is -2.12. The van der Waals surface area contributed by atoms with Gasteiger partial charge in [-0.2, -0.15) is 0 Å². The van der Waals surface area contributed by atoms with Gasteiger partial charge in [0.1, 0.15) is 11.5 Å². The fourth-order valence-corrected chi connectivity index (χ4v) is 2.33. The summed E-state index contributed by atoms with van der Waals surface area (Å²) in [5, 5.41) is 12.5. The number of benzene rings is 2. The number of aryl methyl sites for hydroxylation is 1. The minimum atomic E-state index is -0.397. The van der Waals surface area contributed by atoms with Gasteiger partial charge in [0.05, 0.1) is 18.4 Å². The third-order valence-electron chi connectivity index (χ3n) is 2.82. The van der Waals surface area contributed by atoms with Crippen LogP contribution in [0, 0.1) is 6.92 Å². The Morgan fingerprint density at radius 1 is 1.25 bits per heavy atom. The Bertz CT molecular complexity index is 656. The molecule has 5 heteroatoms. The van der Waals surface area contributed by atoms with E-state index in [1.54, 1.807) is 12.1 Å². The monoisotopic (exact) mass is 335 g/mol. The van der Waals surface area contributed by atoms with Crippen molar-refractivity contribution in [2.45, 2.75) is 6.92 Å². The van der Waals surface area contributed by atoms with E-state index in [0.29, 0.717) is 11.4 Å². The van der Waals surface area contributed by atoms with Crippen molar-refractivity contribution >= 4 is 27.5 Å². The van der Waals surface area contributed by atoms with Crippen LogP contribution in [0.25, 0.3) is 0 Å². The molecule has 2 aromatic rings.